The zero-order chi connectivity index (χ0) is 18.3. The summed E-state index contributed by atoms with van der Waals surface area (Å²) in [5.41, 5.74) is 1.79. The summed E-state index contributed by atoms with van der Waals surface area (Å²) in [6.45, 7) is 1.50. The second kappa shape index (κ2) is 6.41. The van der Waals surface area contributed by atoms with Crippen molar-refractivity contribution >= 4 is 17.7 Å². The van der Waals surface area contributed by atoms with Crippen LogP contribution in [0, 0.1) is 11.3 Å². The predicted molar refractivity (Wildman–Crippen MR) is 89.8 cm³/mol. The summed E-state index contributed by atoms with van der Waals surface area (Å²) in [6, 6.07) is 1.81. The number of rotatable bonds is 3. The van der Waals surface area contributed by atoms with Gasteiger partial charge in [-0.15, -0.1) is 0 Å². The molecule has 4 rings (SSSR count). The fourth-order valence-corrected chi connectivity index (χ4v) is 4.81. The molecular formula is C20H22O6. The van der Waals surface area contributed by atoms with Gasteiger partial charge in [-0.05, 0) is 37.3 Å². The van der Waals surface area contributed by atoms with E-state index in [1.54, 1.807) is 12.5 Å². The molecule has 2 heterocycles. The van der Waals surface area contributed by atoms with Crippen LogP contribution in [-0.4, -0.2) is 24.3 Å². The maximum atomic E-state index is 12.9. The van der Waals surface area contributed by atoms with Crippen LogP contribution in [-0.2, 0) is 23.9 Å². The van der Waals surface area contributed by atoms with Crippen molar-refractivity contribution in [3.8, 4) is 0 Å². The van der Waals surface area contributed by atoms with E-state index in [2.05, 4.69) is 0 Å². The van der Waals surface area contributed by atoms with Gasteiger partial charge in [-0.1, -0.05) is 0 Å². The lowest BCUT2D eigenvalue weighted by Gasteiger charge is -2.42. The lowest BCUT2D eigenvalue weighted by Crippen LogP contribution is -2.44. The second-order valence-electron chi connectivity index (χ2n) is 7.48. The van der Waals surface area contributed by atoms with Crippen LogP contribution in [0.5, 0.6) is 0 Å². The molecule has 2 fully saturated rings. The van der Waals surface area contributed by atoms with Gasteiger partial charge in [-0.25, -0.2) is 0 Å². The topological polar surface area (TPSA) is 82.8 Å². The highest BCUT2D eigenvalue weighted by Gasteiger charge is 2.58. The van der Waals surface area contributed by atoms with Crippen LogP contribution in [0.2, 0.25) is 0 Å². The largest absolute Gasteiger partial charge is 0.472 e. The molecule has 6 nitrogen and oxygen atoms in total. The number of Topliss-reactive ketones (excluding diaryl/α,β-unsaturated/α-hetero) is 1. The lowest BCUT2D eigenvalue weighted by molar-refractivity contribution is -0.153. The van der Waals surface area contributed by atoms with Gasteiger partial charge >= 0.3 is 11.9 Å². The van der Waals surface area contributed by atoms with Gasteiger partial charge in [0.2, 0.25) is 0 Å². The Morgan fingerprint density at radius 3 is 2.92 bits per heavy atom. The molecule has 26 heavy (non-hydrogen) atoms. The van der Waals surface area contributed by atoms with E-state index in [9.17, 15) is 14.4 Å². The first-order chi connectivity index (χ1) is 12.5. The Morgan fingerprint density at radius 1 is 1.35 bits per heavy atom. The van der Waals surface area contributed by atoms with E-state index in [4.69, 9.17) is 13.9 Å². The molecule has 0 radical (unpaired) electrons. The van der Waals surface area contributed by atoms with E-state index in [0.29, 0.717) is 24.8 Å². The molecule has 0 amide bonds. The quantitative estimate of drug-likeness (QED) is 0.771. The Labute approximate surface area is 151 Å². The van der Waals surface area contributed by atoms with Gasteiger partial charge in [0.05, 0.1) is 17.9 Å². The van der Waals surface area contributed by atoms with Crippen LogP contribution < -0.4 is 0 Å². The zero-order valence-corrected chi connectivity index (χ0v) is 14.8. The number of hydrogen-bond acceptors (Lipinski definition) is 6. The molecule has 6 heteroatoms. The number of ether oxygens (including phenoxy) is 2. The molecule has 1 aliphatic heterocycles. The third kappa shape index (κ3) is 2.68. The minimum absolute atomic E-state index is 0.0852. The lowest BCUT2D eigenvalue weighted by atomic mass is 9.58. The van der Waals surface area contributed by atoms with E-state index < -0.39 is 5.41 Å². The molecule has 0 aromatic carbocycles. The van der Waals surface area contributed by atoms with Gasteiger partial charge in [0.1, 0.15) is 12.7 Å². The molecule has 0 N–H and O–H groups in total. The van der Waals surface area contributed by atoms with Gasteiger partial charge in [0.25, 0.3) is 0 Å². The summed E-state index contributed by atoms with van der Waals surface area (Å²) >= 11 is 0. The molecule has 1 aromatic rings. The SMILES string of the molecule is CC(=O)OCC1=C2C(=O)CC[C@@]3(C[C@@H](c4ccoc4)OC3=O)[C@H]2CCC1. The van der Waals surface area contributed by atoms with Crippen molar-refractivity contribution in [1.82, 2.24) is 0 Å². The van der Waals surface area contributed by atoms with Gasteiger partial charge < -0.3 is 13.9 Å². The Hall–Kier alpha value is -2.37. The van der Waals surface area contributed by atoms with E-state index in [1.165, 1.54) is 6.92 Å². The van der Waals surface area contributed by atoms with Crippen molar-refractivity contribution in [2.45, 2.75) is 51.6 Å². The predicted octanol–water partition coefficient (Wildman–Crippen LogP) is 3.28. The minimum atomic E-state index is -0.660. The smallest absolute Gasteiger partial charge is 0.313 e. The van der Waals surface area contributed by atoms with Crippen LogP contribution in [0.25, 0.3) is 0 Å². The normalized spacial score (nSPS) is 31.1. The summed E-state index contributed by atoms with van der Waals surface area (Å²) in [5.74, 6) is -0.638. The van der Waals surface area contributed by atoms with Crippen molar-refractivity contribution in [2.24, 2.45) is 11.3 Å². The molecule has 0 bridgehead atoms. The summed E-state index contributed by atoms with van der Waals surface area (Å²) < 4.78 is 16.0. The zero-order valence-electron chi connectivity index (χ0n) is 14.8. The summed E-state index contributed by atoms with van der Waals surface area (Å²) in [7, 11) is 0. The van der Waals surface area contributed by atoms with Crippen LogP contribution >= 0.6 is 0 Å². The molecule has 2 aliphatic carbocycles. The highest BCUT2D eigenvalue weighted by molar-refractivity contribution is 6.00. The first-order valence-corrected chi connectivity index (χ1v) is 9.13. The van der Waals surface area contributed by atoms with E-state index in [-0.39, 0.29) is 36.4 Å². The Bertz CT molecular complexity index is 774. The third-order valence-corrected chi connectivity index (χ3v) is 6.04. The Balaban J connectivity index is 1.68. The number of carbonyl (C=O) groups excluding carboxylic acids is 3. The van der Waals surface area contributed by atoms with E-state index >= 15 is 0 Å². The first-order valence-electron chi connectivity index (χ1n) is 9.13. The molecule has 3 aliphatic rings. The summed E-state index contributed by atoms with van der Waals surface area (Å²) in [6.07, 6.45) is 6.68. The van der Waals surface area contributed by atoms with Crippen LogP contribution in [0.15, 0.2) is 34.2 Å². The molecule has 138 valence electrons. The average molecular weight is 358 g/mol. The number of carbonyl (C=O) groups is 3. The highest BCUT2D eigenvalue weighted by atomic mass is 16.6. The molecular weight excluding hydrogens is 336 g/mol. The minimum Gasteiger partial charge on any atom is -0.472 e. The molecule has 1 saturated heterocycles. The van der Waals surface area contributed by atoms with Crippen LogP contribution in [0.4, 0.5) is 0 Å². The molecule has 1 saturated carbocycles. The van der Waals surface area contributed by atoms with Gasteiger partial charge in [-0.2, -0.15) is 0 Å². The maximum absolute atomic E-state index is 12.9. The van der Waals surface area contributed by atoms with E-state index in [1.807, 2.05) is 6.07 Å². The molecule has 1 spiro atoms. The Morgan fingerprint density at radius 2 is 2.19 bits per heavy atom. The Kier molecular flexibility index (Phi) is 4.21. The van der Waals surface area contributed by atoms with Gasteiger partial charge in [0.15, 0.2) is 5.78 Å². The molecule has 0 unspecified atom stereocenters. The third-order valence-electron chi connectivity index (χ3n) is 6.04. The fraction of sp³-hybridized carbons (Fsp3) is 0.550. The standard InChI is InChI=1S/C20H22O6/c1-12(21)25-11-14-3-2-4-15-18(14)16(22)5-7-20(15)9-17(26-19(20)23)13-6-8-24-10-13/h6,8,10,15,17H,2-5,7,9,11H2,1H3/t15-,17-,20+/m0/s1. The van der Waals surface area contributed by atoms with Crippen molar-refractivity contribution < 1.29 is 28.3 Å². The number of fused-ring (bicyclic) bond motifs is 2. The van der Waals surface area contributed by atoms with Crippen molar-refractivity contribution in [1.29, 1.82) is 0 Å². The molecule has 3 atom stereocenters. The monoisotopic (exact) mass is 358 g/mol. The second-order valence-corrected chi connectivity index (χ2v) is 7.48. The van der Waals surface area contributed by atoms with Crippen molar-refractivity contribution in [3.63, 3.8) is 0 Å². The number of allylic oxidation sites excluding steroid dienone is 1. The van der Waals surface area contributed by atoms with Crippen LogP contribution in [0.3, 0.4) is 0 Å². The van der Waals surface area contributed by atoms with Gasteiger partial charge in [0, 0.05) is 36.8 Å². The highest BCUT2D eigenvalue weighted by Crippen LogP contribution is 2.57. The first kappa shape index (κ1) is 17.1. The fourth-order valence-electron chi connectivity index (χ4n) is 4.81. The number of cyclic esters (lactones) is 1. The summed E-state index contributed by atoms with van der Waals surface area (Å²) in [4.78, 5) is 36.8. The number of ketones is 1. The number of hydrogen-bond donors (Lipinski definition) is 0. The number of furan rings is 1. The van der Waals surface area contributed by atoms with Gasteiger partial charge in [-0.3, -0.25) is 14.4 Å². The van der Waals surface area contributed by atoms with Crippen molar-refractivity contribution in [2.75, 3.05) is 6.61 Å². The van der Waals surface area contributed by atoms with E-state index in [0.717, 1.165) is 30.4 Å². The average Bonchev–Trinajstić information content (AvgIpc) is 3.25. The van der Waals surface area contributed by atoms with Crippen LogP contribution in [0.1, 0.15) is 57.1 Å². The van der Waals surface area contributed by atoms with Crippen molar-refractivity contribution in [3.05, 3.63) is 35.3 Å². The molecule has 1 aromatic heterocycles. The maximum Gasteiger partial charge on any atom is 0.313 e. The summed E-state index contributed by atoms with van der Waals surface area (Å²) in [5, 5.41) is 0. The number of esters is 2.